The van der Waals surface area contributed by atoms with Crippen LogP contribution in [0.15, 0.2) is 23.6 Å². The number of halogens is 3. The Morgan fingerprint density at radius 1 is 1.14 bits per heavy atom. The van der Waals surface area contributed by atoms with Gasteiger partial charge in [0.05, 0.1) is 15.4 Å². The molecule has 0 amide bonds. The van der Waals surface area contributed by atoms with Crippen LogP contribution in [-0.2, 0) is 6.54 Å². The van der Waals surface area contributed by atoms with Crippen molar-refractivity contribution in [3.63, 3.8) is 0 Å². The van der Waals surface area contributed by atoms with Crippen LogP contribution < -0.4 is 5.32 Å². The zero-order chi connectivity index (χ0) is 15.0. The van der Waals surface area contributed by atoms with E-state index in [2.05, 4.69) is 15.3 Å². The molecule has 3 nitrogen and oxygen atoms in total. The van der Waals surface area contributed by atoms with Gasteiger partial charge in [0.25, 0.3) is 0 Å². The number of nitrogens with one attached hydrogen (secondary N) is 1. The summed E-state index contributed by atoms with van der Waals surface area (Å²) in [6.45, 7) is 2.61. The molecule has 1 aromatic carbocycles. The number of hydrogen-bond donors (Lipinski definition) is 1. The van der Waals surface area contributed by atoms with Crippen LogP contribution in [0, 0.1) is 6.92 Å². The van der Waals surface area contributed by atoms with E-state index in [1.54, 1.807) is 17.4 Å². The Kier molecular flexibility index (Phi) is 4.22. The summed E-state index contributed by atoms with van der Waals surface area (Å²) in [6, 6.07) is 5.53. The van der Waals surface area contributed by atoms with Crippen LogP contribution in [0.3, 0.4) is 0 Å². The van der Waals surface area contributed by atoms with Crippen LogP contribution in [0.25, 0.3) is 10.2 Å². The molecule has 0 fully saturated rings. The molecular formula is C14H10Cl3N3S. The van der Waals surface area contributed by atoms with Crippen LogP contribution in [0.1, 0.15) is 11.1 Å². The molecule has 7 heteroatoms. The second-order valence-corrected chi connectivity index (χ2v) is 6.55. The average Bonchev–Trinajstić information content (AvgIpc) is 2.81. The van der Waals surface area contributed by atoms with E-state index in [4.69, 9.17) is 34.8 Å². The monoisotopic (exact) mass is 357 g/mol. The number of fused-ring (bicyclic) bond motifs is 1. The molecule has 0 bridgehead atoms. The molecule has 108 valence electrons. The third kappa shape index (κ3) is 3.09. The SMILES string of the molecule is Cc1csc2nc(Cl)nc(NCc3ccc(Cl)c(Cl)c3)c12. The molecular weight excluding hydrogens is 349 g/mol. The fourth-order valence-corrected chi connectivity index (χ4v) is 3.48. The standard InChI is InChI=1S/C14H10Cl3N3S/c1-7-6-21-13-11(7)12(19-14(17)20-13)18-5-8-2-3-9(15)10(16)4-8/h2-4,6H,5H2,1H3,(H,18,19,20). The van der Waals surface area contributed by atoms with Gasteiger partial charge in [0.1, 0.15) is 10.6 Å². The fraction of sp³-hybridized carbons (Fsp3) is 0.143. The Morgan fingerprint density at radius 3 is 2.71 bits per heavy atom. The number of aromatic nitrogens is 2. The zero-order valence-electron chi connectivity index (χ0n) is 11.0. The largest absolute Gasteiger partial charge is 0.365 e. The van der Waals surface area contributed by atoms with Gasteiger partial charge in [-0.3, -0.25) is 0 Å². The summed E-state index contributed by atoms with van der Waals surface area (Å²) in [5.74, 6) is 0.731. The van der Waals surface area contributed by atoms with Gasteiger partial charge in [0.2, 0.25) is 5.28 Å². The molecule has 21 heavy (non-hydrogen) atoms. The molecule has 2 aromatic heterocycles. The summed E-state index contributed by atoms with van der Waals surface area (Å²) < 4.78 is 0. The van der Waals surface area contributed by atoms with Gasteiger partial charge in [0, 0.05) is 6.54 Å². The summed E-state index contributed by atoms with van der Waals surface area (Å²) in [7, 11) is 0. The van der Waals surface area contributed by atoms with Crippen molar-refractivity contribution in [1.29, 1.82) is 0 Å². The number of aryl methyl sites for hydroxylation is 1. The molecule has 0 saturated heterocycles. The quantitative estimate of drug-likeness (QED) is 0.622. The van der Waals surface area contributed by atoms with Gasteiger partial charge in [-0.2, -0.15) is 0 Å². The molecule has 0 aliphatic rings. The Morgan fingerprint density at radius 2 is 1.95 bits per heavy atom. The lowest BCUT2D eigenvalue weighted by molar-refractivity contribution is 1.10. The van der Waals surface area contributed by atoms with E-state index in [1.165, 1.54) is 0 Å². The minimum atomic E-state index is 0.237. The van der Waals surface area contributed by atoms with Gasteiger partial charge in [-0.25, -0.2) is 9.97 Å². The van der Waals surface area contributed by atoms with E-state index in [1.807, 2.05) is 24.4 Å². The molecule has 0 atom stereocenters. The Balaban J connectivity index is 1.91. The van der Waals surface area contributed by atoms with E-state index >= 15 is 0 Å². The zero-order valence-corrected chi connectivity index (χ0v) is 14.0. The van der Waals surface area contributed by atoms with Crippen LogP contribution >= 0.6 is 46.1 Å². The number of anilines is 1. The van der Waals surface area contributed by atoms with Gasteiger partial charge in [-0.15, -0.1) is 11.3 Å². The maximum absolute atomic E-state index is 6.02. The van der Waals surface area contributed by atoms with Crippen LogP contribution in [-0.4, -0.2) is 9.97 Å². The number of thiophene rings is 1. The van der Waals surface area contributed by atoms with Gasteiger partial charge >= 0.3 is 0 Å². The Bertz CT molecular complexity index is 817. The molecule has 1 N–H and O–H groups in total. The molecule has 3 rings (SSSR count). The van der Waals surface area contributed by atoms with Gasteiger partial charge < -0.3 is 5.32 Å². The van der Waals surface area contributed by atoms with Crippen molar-refractivity contribution in [2.24, 2.45) is 0 Å². The van der Waals surface area contributed by atoms with E-state index < -0.39 is 0 Å². The maximum atomic E-state index is 6.02. The van der Waals surface area contributed by atoms with Crippen molar-refractivity contribution < 1.29 is 0 Å². The molecule has 2 heterocycles. The number of hydrogen-bond acceptors (Lipinski definition) is 4. The van der Waals surface area contributed by atoms with Gasteiger partial charge in [0.15, 0.2) is 0 Å². The summed E-state index contributed by atoms with van der Waals surface area (Å²) in [6.07, 6.45) is 0. The van der Waals surface area contributed by atoms with Crippen LogP contribution in [0.4, 0.5) is 5.82 Å². The minimum Gasteiger partial charge on any atom is -0.365 e. The van der Waals surface area contributed by atoms with E-state index in [-0.39, 0.29) is 5.28 Å². The summed E-state index contributed by atoms with van der Waals surface area (Å²) in [5.41, 5.74) is 2.14. The smallest absolute Gasteiger partial charge is 0.225 e. The first-order valence-corrected chi connectivity index (χ1v) is 8.15. The van der Waals surface area contributed by atoms with Crippen molar-refractivity contribution in [1.82, 2.24) is 9.97 Å². The number of rotatable bonds is 3. The predicted molar refractivity (Wildman–Crippen MR) is 91.0 cm³/mol. The molecule has 0 radical (unpaired) electrons. The van der Waals surface area contributed by atoms with Crippen LogP contribution in [0.5, 0.6) is 0 Å². The summed E-state index contributed by atoms with van der Waals surface area (Å²) in [5, 5.41) is 7.65. The average molecular weight is 359 g/mol. The van der Waals surface area contributed by atoms with Crippen molar-refractivity contribution in [2.45, 2.75) is 13.5 Å². The first-order valence-electron chi connectivity index (χ1n) is 6.14. The molecule has 0 spiro atoms. The fourth-order valence-electron chi connectivity index (χ4n) is 2.02. The number of nitrogens with zero attached hydrogens (tertiary/aromatic N) is 2. The highest BCUT2D eigenvalue weighted by molar-refractivity contribution is 7.17. The lowest BCUT2D eigenvalue weighted by atomic mass is 10.2. The first kappa shape index (κ1) is 14.9. The third-order valence-corrected chi connectivity index (χ3v) is 4.93. The Hall–Kier alpha value is -1.07. The summed E-state index contributed by atoms with van der Waals surface area (Å²) >= 11 is 19.5. The highest BCUT2D eigenvalue weighted by Gasteiger charge is 2.11. The third-order valence-electron chi connectivity index (χ3n) is 3.03. The topological polar surface area (TPSA) is 37.8 Å². The van der Waals surface area contributed by atoms with Gasteiger partial charge in [-0.1, -0.05) is 29.3 Å². The molecule has 0 unspecified atom stereocenters. The van der Waals surface area contributed by atoms with E-state index in [0.717, 1.165) is 27.2 Å². The van der Waals surface area contributed by atoms with Crippen molar-refractivity contribution >= 4 is 62.2 Å². The maximum Gasteiger partial charge on any atom is 0.225 e. The number of benzene rings is 1. The van der Waals surface area contributed by atoms with Crippen molar-refractivity contribution in [3.8, 4) is 0 Å². The highest BCUT2D eigenvalue weighted by Crippen LogP contribution is 2.31. The van der Waals surface area contributed by atoms with Crippen molar-refractivity contribution in [3.05, 3.63) is 50.0 Å². The highest BCUT2D eigenvalue weighted by atomic mass is 35.5. The van der Waals surface area contributed by atoms with Crippen LogP contribution in [0.2, 0.25) is 15.3 Å². The Labute approximate surface area is 140 Å². The second kappa shape index (κ2) is 5.97. The lowest BCUT2D eigenvalue weighted by Gasteiger charge is -2.09. The van der Waals surface area contributed by atoms with Crippen molar-refractivity contribution in [2.75, 3.05) is 5.32 Å². The van der Waals surface area contributed by atoms with E-state index in [0.29, 0.717) is 16.6 Å². The summed E-state index contributed by atoms with van der Waals surface area (Å²) in [4.78, 5) is 9.39. The lowest BCUT2D eigenvalue weighted by Crippen LogP contribution is -2.03. The predicted octanol–water partition coefficient (Wildman–Crippen LogP) is 5.57. The molecule has 0 saturated carbocycles. The minimum absolute atomic E-state index is 0.237. The second-order valence-electron chi connectivity index (χ2n) is 4.54. The van der Waals surface area contributed by atoms with Gasteiger partial charge in [-0.05, 0) is 47.2 Å². The molecule has 3 aromatic rings. The normalized spacial score (nSPS) is 11.0. The first-order chi connectivity index (χ1) is 10.0. The molecule has 0 aliphatic heterocycles. The van der Waals surface area contributed by atoms with E-state index in [9.17, 15) is 0 Å². The molecule has 0 aliphatic carbocycles.